The number of benzene rings is 1. The zero-order chi connectivity index (χ0) is 14.9. The second-order valence-corrected chi connectivity index (χ2v) is 7.19. The molecular weight excluding hydrogens is 276 g/mol. The molecule has 0 radical (unpaired) electrons. The molecule has 1 aromatic rings. The summed E-state index contributed by atoms with van der Waals surface area (Å²) >= 11 is 0. The van der Waals surface area contributed by atoms with E-state index in [1.807, 2.05) is 26.8 Å². The number of ether oxygens (including phenoxy) is 1. The first kappa shape index (κ1) is 15.4. The lowest BCUT2D eigenvalue weighted by molar-refractivity contribution is 0.0102. The van der Waals surface area contributed by atoms with Crippen molar-refractivity contribution in [2.75, 3.05) is 19.7 Å². The topological polar surface area (TPSA) is 72.6 Å². The Morgan fingerprint density at radius 3 is 2.70 bits per heavy atom. The second-order valence-electron chi connectivity index (χ2n) is 5.28. The molecule has 1 aliphatic heterocycles. The fraction of sp³-hybridized carbons (Fsp3) is 0.571. The van der Waals surface area contributed by atoms with Crippen LogP contribution in [0.25, 0.3) is 0 Å². The number of hydrogen-bond acceptors (Lipinski definition) is 4. The van der Waals surface area contributed by atoms with Crippen molar-refractivity contribution < 1.29 is 13.2 Å². The van der Waals surface area contributed by atoms with Crippen LogP contribution >= 0.6 is 0 Å². The summed E-state index contributed by atoms with van der Waals surface area (Å²) in [4.78, 5) is 0.368. The molecule has 0 saturated carbocycles. The fourth-order valence-electron chi connectivity index (χ4n) is 2.43. The minimum atomic E-state index is -3.48. The Hall–Kier alpha value is -0.950. The molecule has 0 aliphatic carbocycles. The highest BCUT2D eigenvalue weighted by molar-refractivity contribution is 7.89. The molecule has 112 valence electrons. The molecule has 0 amide bonds. The number of rotatable bonds is 3. The van der Waals surface area contributed by atoms with Crippen LogP contribution in [0.2, 0.25) is 0 Å². The average Bonchev–Trinajstić information content (AvgIpc) is 2.41. The Morgan fingerprint density at radius 2 is 2.10 bits per heavy atom. The van der Waals surface area contributed by atoms with E-state index in [4.69, 9.17) is 10.5 Å². The quantitative estimate of drug-likeness (QED) is 0.909. The summed E-state index contributed by atoms with van der Waals surface area (Å²) in [6, 6.07) is 3.63. The van der Waals surface area contributed by atoms with Crippen molar-refractivity contribution in [3.63, 3.8) is 0 Å². The van der Waals surface area contributed by atoms with Crippen molar-refractivity contribution in [1.29, 1.82) is 0 Å². The SMILES string of the molecule is Cc1cc(CN)cc(S(=O)(=O)N2CCOC(C)C2)c1C. The maximum atomic E-state index is 12.8. The largest absolute Gasteiger partial charge is 0.376 e. The lowest BCUT2D eigenvalue weighted by Gasteiger charge is -2.31. The van der Waals surface area contributed by atoms with Crippen LogP contribution in [0.1, 0.15) is 23.6 Å². The Labute approximate surface area is 120 Å². The third kappa shape index (κ3) is 2.88. The van der Waals surface area contributed by atoms with E-state index >= 15 is 0 Å². The van der Waals surface area contributed by atoms with Gasteiger partial charge in [-0.25, -0.2) is 8.42 Å². The minimum absolute atomic E-state index is 0.0716. The number of morpholine rings is 1. The number of aryl methyl sites for hydroxylation is 1. The third-order valence-electron chi connectivity index (χ3n) is 3.74. The molecule has 5 nitrogen and oxygen atoms in total. The zero-order valence-corrected chi connectivity index (χ0v) is 13.0. The Morgan fingerprint density at radius 1 is 1.40 bits per heavy atom. The van der Waals surface area contributed by atoms with Crippen LogP contribution in [0.15, 0.2) is 17.0 Å². The lowest BCUT2D eigenvalue weighted by atomic mass is 10.1. The van der Waals surface area contributed by atoms with Gasteiger partial charge in [0, 0.05) is 19.6 Å². The number of nitrogens with two attached hydrogens (primary N) is 1. The van der Waals surface area contributed by atoms with Gasteiger partial charge in [0.25, 0.3) is 0 Å². The molecule has 0 bridgehead atoms. The molecule has 1 aromatic carbocycles. The predicted molar refractivity (Wildman–Crippen MR) is 78.0 cm³/mol. The molecule has 1 aliphatic rings. The van der Waals surface area contributed by atoms with Gasteiger partial charge in [0.1, 0.15) is 0 Å². The first-order valence-electron chi connectivity index (χ1n) is 6.78. The molecule has 1 heterocycles. The molecule has 0 aromatic heterocycles. The number of nitrogens with zero attached hydrogens (tertiary/aromatic N) is 1. The van der Waals surface area contributed by atoms with Gasteiger partial charge >= 0.3 is 0 Å². The van der Waals surface area contributed by atoms with Gasteiger partial charge in [-0.2, -0.15) is 4.31 Å². The van der Waals surface area contributed by atoms with Crippen LogP contribution < -0.4 is 5.73 Å². The van der Waals surface area contributed by atoms with Crippen molar-refractivity contribution >= 4 is 10.0 Å². The number of sulfonamides is 1. The summed E-state index contributed by atoms with van der Waals surface area (Å²) in [6.45, 7) is 7.21. The molecule has 1 unspecified atom stereocenters. The minimum Gasteiger partial charge on any atom is -0.376 e. The Balaban J connectivity index is 2.46. The molecule has 1 saturated heterocycles. The van der Waals surface area contributed by atoms with Crippen molar-refractivity contribution in [2.24, 2.45) is 5.73 Å². The molecule has 6 heteroatoms. The van der Waals surface area contributed by atoms with Crippen LogP contribution in [-0.2, 0) is 21.3 Å². The molecule has 0 spiro atoms. The summed E-state index contributed by atoms with van der Waals surface area (Å²) in [6.07, 6.45) is -0.0716. The molecule has 2 rings (SSSR count). The Kier molecular flexibility index (Phi) is 4.49. The van der Waals surface area contributed by atoms with E-state index in [0.717, 1.165) is 16.7 Å². The highest BCUT2D eigenvalue weighted by Gasteiger charge is 2.30. The highest BCUT2D eigenvalue weighted by atomic mass is 32.2. The first-order chi connectivity index (χ1) is 9.36. The predicted octanol–water partition coefficient (Wildman–Crippen LogP) is 1.17. The van der Waals surface area contributed by atoms with Crippen molar-refractivity contribution in [3.05, 3.63) is 28.8 Å². The number of hydrogen-bond donors (Lipinski definition) is 1. The summed E-state index contributed by atoms with van der Waals surface area (Å²) in [7, 11) is -3.48. The second kappa shape index (κ2) is 5.81. The zero-order valence-electron chi connectivity index (χ0n) is 12.2. The third-order valence-corrected chi connectivity index (χ3v) is 5.73. The first-order valence-corrected chi connectivity index (χ1v) is 8.22. The summed E-state index contributed by atoms with van der Waals surface area (Å²) < 4.78 is 32.5. The van der Waals surface area contributed by atoms with E-state index in [0.29, 0.717) is 31.1 Å². The molecule has 20 heavy (non-hydrogen) atoms. The van der Waals surface area contributed by atoms with Gasteiger partial charge in [-0.3, -0.25) is 0 Å². The molecular formula is C14H22N2O3S. The van der Waals surface area contributed by atoms with Crippen LogP contribution in [0.5, 0.6) is 0 Å². The lowest BCUT2D eigenvalue weighted by Crippen LogP contribution is -2.44. The van der Waals surface area contributed by atoms with E-state index in [-0.39, 0.29) is 6.10 Å². The average molecular weight is 298 g/mol. The standard InChI is InChI=1S/C14H22N2O3S/c1-10-6-13(8-15)7-14(12(10)3)20(17,18)16-4-5-19-11(2)9-16/h6-7,11H,4-5,8-9,15H2,1-3H3. The van der Waals surface area contributed by atoms with Crippen LogP contribution in [0, 0.1) is 13.8 Å². The summed E-state index contributed by atoms with van der Waals surface area (Å²) in [5, 5.41) is 0. The van der Waals surface area contributed by atoms with Crippen molar-refractivity contribution in [3.8, 4) is 0 Å². The highest BCUT2D eigenvalue weighted by Crippen LogP contribution is 2.25. The molecule has 1 atom stereocenters. The molecule has 1 fully saturated rings. The normalized spacial score (nSPS) is 21.1. The summed E-state index contributed by atoms with van der Waals surface area (Å²) in [5.74, 6) is 0. The van der Waals surface area contributed by atoms with Crippen LogP contribution in [0.3, 0.4) is 0 Å². The Bertz CT molecular complexity index is 599. The van der Waals surface area contributed by atoms with Gasteiger partial charge in [0.15, 0.2) is 0 Å². The monoisotopic (exact) mass is 298 g/mol. The van der Waals surface area contributed by atoms with Crippen LogP contribution in [-0.4, -0.2) is 38.5 Å². The van der Waals surface area contributed by atoms with Gasteiger partial charge in [0.2, 0.25) is 10.0 Å². The smallest absolute Gasteiger partial charge is 0.243 e. The van der Waals surface area contributed by atoms with Crippen LogP contribution in [0.4, 0.5) is 0 Å². The van der Waals surface area contributed by atoms with Gasteiger partial charge in [0.05, 0.1) is 17.6 Å². The van der Waals surface area contributed by atoms with E-state index in [1.165, 1.54) is 4.31 Å². The van der Waals surface area contributed by atoms with Gasteiger partial charge in [-0.05, 0) is 43.5 Å². The van der Waals surface area contributed by atoms with Crippen molar-refractivity contribution in [2.45, 2.75) is 38.3 Å². The van der Waals surface area contributed by atoms with Gasteiger partial charge in [-0.15, -0.1) is 0 Å². The fourth-order valence-corrected chi connectivity index (χ4v) is 4.28. The van der Waals surface area contributed by atoms with E-state index < -0.39 is 10.0 Å². The summed E-state index contributed by atoms with van der Waals surface area (Å²) in [5.41, 5.74) is 8.24. The molecule has 2 N–H and O–H groups in total. The van der Waals surface area contributed by atoms with E-state index in [1.54, 1.807) is 6.07 Å². The maximum Gasteiger partial charge on any atom is 0.243 e. The van der Waals surface area contributed by atoms with E-state index in [2.05, 4.69) is 0 Å². The van der Waals surface area contributed by atoms with E-state index in [9.17, 15) is 8.42 Å². The maximum absolute atomic E-state index is 12.8. The van der Waals surface area contributed by atoms with Gasteiger partial charge < -0.3 is 10.5 Å². The van der Waals surface area contributed by atoms with Gasteiger partial charge in [-0.1, -0.05) is 6.07 Å². The van der Waals surface area contributed by atoms with Crippen molar-refractivity contribution in [1.82, 2.24) is 4.31 Å².